The van der Waals surface area contributed by atoms with Crippen LogP contribution in [-0.2, 0) is 63.8 Å². The molecule has 3 fully saturated rings. The summed E-state index contributed by atoms with van der Waals surface area (Å²) in [4.78, 5) is 102. The Balaban J connectivity index is 0.000000199. The first kappa shape index (κ1) is 101. The molecule has 125 heavy (non-hydrogen) atoms. The smallest absolute Gasteiger partial charge is 0.379 e. The molecular weight excluding hydrogens is 1610 g/mol. The van der Waals surface area contributed by atoms with Crippen LogP contribution in [0.5, 0.6) is 5.75 Å². The number of likely N-dealkylation sites (N-methyl/N-ethyl adjacent to an activating group) is 2. The molecule has 12 rings (SSSR count). The van der Waals surface area contributed by atoms with Gasteiger partial charge in [-0.1, -0.05) is 236 Å². The minimum absolute atomic E-state index is 0.0907. The molecule has 1 aromatic heterocycles. The van der Waals surface area contributed by atoms with Crippen LogP contribution >= 0.6 is 11.3 Å². The first-order valence-corrected chi connectivity index (χ1v) is 44.7. The lowest BCUT2D eigenvalue weighted by atomic mass is 9.95. The molecule has 8 aromatic carbocycles. The van der Waals surface area contributed by atoms with Gasteiger partial charge in [-0.3, -0.25) is 43.6 Å². The SMILES string of the molecule is CCN(CC)CCCOc1ccc2sc3ccccc3c(=O)c2c1.CCN(CC)CCOC(OCCNCN(CC)CC)(C(=O)c1ccccc1)c1ccccc1.CN(C)CCOC(=O)C(=O)c1ccccc1.O=C(OCCN1CCOCC1)C(=O)c1ccccc1.O=C(c1ccccc1)C(OCCN1CCOCC1)(OCCN1CCOCC1)c1ccccc1. The highest BCUT2D eigenvalue weighted by Crippen LogP contribution is 2.35. The lowest BCUT2D eigenvalue weighted by Gasteiger charge is -2.35. The standard InChI is InChI=1S/C27H41N3O3.C26H34N2O5.C20H23NO2S.C14H17NO4.C12H15NO3/c1-5-29(6-2)20-22-33-27(25-17-13-10-14-18-25,26(31)24-15-11-9-12-16-24)32-21-19-28-23-30(7-3)8-4;29-25(23-7-3-1-4-8-23)26(24-9-5-2-6-10-24,32-21-15-27-11-17-30-18-12-27)33-22-16-28-13-19-31-20-14-28;1-3-21(4-2)12-7-13-23-15-10-11-19-17(14-15)20(22)16-8-5-6-9-18(16)24-19;16-13(12-4-2-1-3-5-12)14(17)19-11-8-15-6-9-18-10-7-15;1-13(2)8-9-16-12(15)11(14)10-6-4-3-5-7-10/h9-18,28H,5-8,19-23H2,1-4H3;1-10H,11-22H2;5-6,8-11,14H,3-4,7,12-13H2,1-2H3;1-5H,6-11H2;3-7H,8-9H2,1-2H3. The number of nitrogens with zero attached hydrogens (tertiary/aromatic N) is 7. The highest BCUT2D eigenvalue weighted by Gasteiger charge is 2.45. The Morgan fingerprint density at radius 1 is 0.392 bits per heavy atom. The van der Waals surface area contributed by atoms with Gasteiger partial charge in [-0.2, -0.15) is 0 Å². The minimum atomic E-state index is -1.50. The Labute approximate surface area is 742 Å². The maximum absolute atomic E-state index is 13.9. The second-order valence-corrected chi connectivity index (χ2v) is 31.0. The van der Waals surface area contributed by atoms with Crippen LogP contribution in [0.4, 0.5) is 0 Å². The highest BCUT2D eigenvalue weighted by molar-refractivity contribution is 7.24. The van der Waals surface area contributed by atoms with Crippen molar-refractivity contribution in [1.82, 2.24) is 39.6 Å². The third-order valence-electron chi connectivity index (χ3n) is 21.3. The average molecular weight is 1740 g/mol. The fraction of sp³-hybridized carbons (Fsp3) is 0.444. The summed E-state index contributed by atoms with van der Waals surface area (Å²) < 4.78 is 59.4. The van der Waals surface area contributed by atoms with Gasteiger partial charge in [0.15, 0.2) is 5.43 Å². The number of Topliss-reactive ketones (excluding diaryl/α,β-unsaturated/α-hetero) is 4. The van der Waals surface area contributed by atoms with Crippen LogP contribution in [0.2, 0.25) is 0 Å². The first-order valence-electron chi connectivity index (χ1n) is 43.9. The molecule has 26 heteroatoms. The number of rotatable bonds is 45. The van der Waals surface area contributed by atoms with Crippen LogP contribution in [0.3, 0.4) is 0 Å². The number of ketones is 4. The van der Waals surface area contributed by atoms with Crippen LogP contribution < -0.4 is 15.5 Å². The van der Waals surface area contributed by atoms with Crippen LogP contribution in [0.25, 0.3) is 20.2 Å². The summed E-state index contributed by atoms with van der Waals surface area (Å²) in [5.41, 5.74) is 3.37. The third-order valence-corrected chi connectivity index (χ3v) is 22.5. The maximum atomic E-state index is 13.9. The molecule has 0 spiro atoms. The Morgan fingerprint density at radius 3 is 1.21 bits per heavy atom. The summed E-state index contributed by atoms with van der Waals surface area (Å²) in [5, 5.41) is 4.94. The lowest BCUT2D eigenvalue weighted by Crippen LogP contribution is -2.46. The van der Waals surface area contributed by atoms with E-state index >= 15 is 0 Å². The fourth-order valence-electron chi connectivity index (χ4n) is 13.8. The molecule has 0 amide bonds. The van der Waals surface area contributed by atoms with Gasteiger partial charge < -0.3 is 67.4 Å². The summed E-state index contributed by atoms with van der Waals surface area (Å²) in [7, 11) is 3.74. The van der Waals surface area contributed by atoms with Gasteiger partial charge in [0.25, 0.3) is 23.1 Å². The van der Waals surface area contributed by atoms with E-state index in [1.165, 1.54) is 0 Å². The van der Waals surface area contributed by atoms with Crippen molar-refractivity contribution in [3.8, 4) is 5.75 Å². The largest absolute Gasteiger partial charge is 0.494 e. The molecule has 1 N–H and O–H groups in total. The summed E-state index contributed by atoms with van der Waals surface area (Å²) in [6.45, 7) is 36.8. The molecule has 3 saturated heterocycles. The number of carbonyl (C=O) groups excluding carboxylic acids is 6. The van der Waals surface area contributed by atoms with Gasteiger partial charge in [0.05, 0.1) is 72.7 Å². The normalized spacial score (nSPS) is 14.3. The van der Waals surface area contributed by atoms with Gasteiger partial charge in [-0.15, -0.1) is 11.3 Å². The van der Waals surface area contributed by atoms with Crippen LogP contribution in [0.15, 0.2) is 229 Å². The molecule has 1 atom stereocenters. The Bertz CT molecular complexity index is 4590. The molecule has 0 bridgehead atoms. The van der Waals surface area contributed by atoms with E-state index in [9.17, 15) is 33.6 Å². The second-order valence-electron chi connectivity index (χ2n) is 29.9. The summed E-state index contributed by atoms with van der Waals surface area (Å²) in [5.74, 6) is -5.36. The summed E-state index contributed by atoms with van der Waals surface area (Å²) in [6, 6.07) is 68.1. The molecule has 0 aliphatic carbocycles. The maximum Gasteiger partial charge on any atom is 0.379 e. The van der Waals surface area contributed by atoms with E-state index in [2.05, 4.69) is 76.3 Å². The summed E-state index contributed by atoms with van der Waals surface area (Å²) >= 11 is 1.65. The number of hydrogen-bond acceptors (Lipinski definition) is 26. The predicted molar refractivity (Wildman–Crippen MR) is 492 cm³/mol. The van der Waals surface area contributed by atoms with E-state index in [1.807, 2.05) is 183 Å². The van der Waals surface area contributed by atoms with Crippen molar-refractivity contribution in [3.63, 3.8) is 0 Å². The van der Waals surface area contributed by atoms with Crippen LogP contribution in [0, 0.1) is 0 Å². The number of benzene rings is 8. The number of morpholine rings is 3. The van der Waals surface area contributed by atoms with Crippen molar-refractivity contribution in [2.75, 3.05) is 231 Å². The zero-order chi connectivity index (χ0) is 89.1. The van der Waals surface area contributed by atoms with E-state index in [1.54, 1.807) is 72.0 Å². The number of carbonyl (C=O) groups is 6. The number of ether oxygens (including phenoxy) is 10. The van der Waals surface area contributed by atoms with E-state index in [0.29, 0.717) is 112 Å². The number of hydrogen-bond donors (Lipinski definition) is 1. The van der Waals surface area contributed by atoms with E-state index in [0.717, 1.165) is 157 Å². The molecule has 4 heterocycles. The number of fused-ring (bicyclic) bond motifs is 2. The van der Waals surface area contributed by atoms with Crippen molar-refractivity contribution in [3.05, 3.63) is 268 Å². The molecule has 1 unspecified atom stereocenters. The van der Waals surface area contributed by atoms with Crippen molar-refractivity contribution in [2.24, 2.45) is 0 Å². The van der Waals surface area contributed by atoms with Crippen LogP contribution in [0.1, 0.15) is 101 Å². The minimum Gasteiger partial charge on any atom is -0.494 e. The topological polar surface area (TPSA) is 246 Å². The highest BCUT2D eigenvalue weighted by atomic mass is 32.1. The number of esters is 2. The van der Waals surface area contributed by atoms with Crippen molar-refractivity contribution < 1.29 is 76.1 Å². The van der Waals surface area contributed by atoms with E-state index < -0.39 is 35.1 Å². The Morgan fingerprint density at radius 2 is 0.768 bits per heavy atom. The molecule has 674 valence electrons. The van der Waals surface area contributed by atoms with Crippen molar-refractivity contribution in [1.29, 1.82) is 0 Å². The predicted octanol–water partition coefficient (Wildman–Crippen LogP) is 12.7. The molecule has 3 aliphatic heterocycles. The monoisotopic (exact) mass is 1730 g/mol. The zero-order valence-corrected chi connectivity index (χ0v) is 75.2. The zero-order valence-electron chi connectivity index (χ0n) is 74.4. The molecule has 9 aromatic rings. The van der Waals surface area contributed by atoms with Crippen molar-refractivity contribution >= 4 is 66.6 Å². The van der Waals surface area contributed by atoms with E-state index in [4.69, 9.17) is 47.4 Å². The van der Waals surface area contributed by atoms with Gasteiger partial charge in [0.2, 0.25) is 11.6 Å². The van der Waals surface area contributed by atoms with Gasteiger partial charge in [0, 0.05) is 145 Å². The first-order chi connectivity index (χ1) is 61.0. The Hall–Kier alpha value is -9.53. The average Bonchev–Trinajstić information content (AvgIpc) is 0.789. The van der Waals surface area contributed by atoms with Gasteiger partial charge in [-0.25, -0.2) is 9.59 Å². The second kappa shape index (κ2) is 57.2. The Kier molecular flexibility index (Phi) is 46.2. The van der Waals surface area contributed by atoms with E-state index in [-0.39, 0.29) is 30.2 Å². The van der Waals surface area contributed by atoms with Gasteiger partial charge >= 0.3 is 11.9 Å². The molecule has 0 radical (unpaired) electrons. The third kappa shape index (κ3) is 33.6. The fourth-order valence-corrected chi connectivity index (χ4v) is 14.8. The molecule has 3 aliphatic rings. The molecular formula is C99H130N8O17S. The lowest BCUT2D eigenvalue weighted by molar-refractivity contribution is -0.214. The molecule has 25 nitrogen and oxygen atoms in total. The quantitative estimate of drug-likeness (QED) is 0.00930. The number of nitrogens with one attached hydrogen (secondary N) is 1. The van der Waals surface area contributed by atoms with Crippen molar-refractivity contribution in [2.45, 2.75) is 59.5 Å². The molecule has 0 saturated carbocycles. The summed E-state index contributed by atoms with van der Waals surface area (Å²) in [6.07, 6.45) is 0.990. The van der Waals surface area contributed by atoms with Gasteiger partial charge in [0.1, 0.15) is 19.0 Å². The van der Waals surface area contributed by atoms with Gasteiger partial charge in [-0.05, 0) is 90.1 Å². The van der Waals surface area contributed by atoms with Crippen LogP contribution in [-0.4, -0.2) is 300 Å².